The van der Waals surface area contributed by atoms with E-state index in [-0.39, 0.29) is 22.5 Å². The predicted octanol–water partition coefficient (Wildman–Crippen LogP) is 7.01. The van der Waals surface area contributed by atoms with Crippen LogP contribution >= 0.6 is 12.0 Å². The van der Waals surface area contributed by atoms with Gasteiger partial charge in [0.25, 0.3) is 25.6 Å². The van der Waals surface area contributed by atoms with Crippen LogP contribution in [0.4, 0.5) is 11.4 Å². The van der Waals surface area contributed by atoms with Gasteiger partial charge in [-0.25, -0.2) is 9.74 Å². The van der Waals surface area contributed by atoms with Crippen molar-refractivity contribution < 1.29 is 58.1 Å². The maximum Gasteiger partial charge on any atom is 0.326 e. The van der Waals surface area contributed by atoms with E-state index in [1.165, 1.54) is 12.1 Å². The number of hydrogen-bond acceptors (Lipinski definition) is 10. The third-order valence-electron chi connectivity index (χ3n) is 11.0. The molecule has 3 heterocycles. The lowest BCUT2D eigenvalue weighted by atomic mass is 9.79. The van der Waals surface area contributed by atoms with Crippen molar-refractivity contribution in [1.29, 1.82) is 0 Å². The maximum atomic E-state index is 12.6. The van der Waals surface area contributed by atoms with Crippen LogP contribution in [0.15, 0.2) is 119 Å². The molecule has 1 spiro atoms. The number of benzene rings is 4. The Labute approximate surface area is 334 Å². The Bertz CT molecular complexity index is 2860. The monoisotopic (exact) mass is 856 g/mol. The van der Waals surface area contributed by atoms with Gasteiger partial charge in [-0.2, -0.15) is 29.8 Å². The Morgan fingerprint density at radius 1 is 0.807 bits per heavy atom. The zero-order chi connectivity index (χ0) is 41.3. The van der Waals surface area contributed by atoms with E-state index < -0.39 is 52.3 Å². The highest BCUT2D eigenvalue weighted by molar-refractivity contribution is 7.94. The van der Waals surface area contributed by atoms with E-state index in [4.69, 9.17) is 5.26 Å². The van der Waals surface area contributed by atoms with Crippen molar-refractivity contribution in [2.45, 2.75) is 53.7 Å². The molecule has 0 radical (unpaired) electrons. The second-order valence-corrected chi connectivity index (χ2v) is 20.5. The van der Waals surface area contributed by atoms with Crippen LogP contribution < -0.4 is 4.48 Å². The Kier molecular flexibility index (Phi) is 10.4. The molecule has 4 N–H and O–H groups in total. The van der Waals surface area contributed by atoms with Crippen molar-refractivity contribution in [2.75, 3.05) is 18.8 Å². The fraction of sp³-hybridized carbons (Fsp3) is 0.256. The molecule has 2 atom stereocenters. The molecule has 4 aromatic rings. The summed E-state index contributed by atoms with van der Waals surface area (Å²) in [6.45, 7) is 8.08. The van der Waals surface area contributed by atoms with Gasteiger partial charge in [0.1, 0.15) is 17.1 Å². The van der Waals surface area contributed by atoms with Gasteiger partial charge < -0.3 is 0 Å². The van der Waals surface area contributed by atoms with Crippen LogP contribution in [0, 0.1) is 0 Å². The van der Waals surface area contributed by atoms with Gasteiger partial charge in [-0.1, -0.05) is 47.6 Å². The molecule has 0 bridgehead atoms. The molecule has 0 aromatic heterocycles. The molecular weight excluding hydrogens is 817 g/mol. The summed E-state index contributed by atoms with van der Waals surface area (Å²) in [5, 5.41) is 14.2. The summed E-state index contributed by atoms with van der Waals surface area (Å²) in [6.07, 6.45) is 12.7. The first-order chi connectivity index (χ1) is 26.6. The van der Waals surface area contributed by atoms with Gasteiger partial charge in [0.2, 0.25) is 5.69 Å². The molecular formula is C39H40N2O12S4+2. The first kappa shape index (κ1) is 41.1. The molecule has 3 aliphatic rings. The summed E-state index contributed by atoms with van der Waals surface area (Å²) in [6, 6.07) is 17.1. The summed E-state index contributed by atoms with van der Waals surface area (Å²) in [5.74, 6) is -0.487. The average Bonchev–Trinajstić information content (AvgIpc) is 3.80. The quantitative estimate of drug-likeness (QED) is 0.0166. The van der Waals surface area contributed by atoms with Gasteiger partial charge in [-0.05, 0) is 91.7 Å². The summed E-state index contributed by atoms with van der Waals surface area (Å²) in [4.78, 5) is 0.426. The van der Waals surface area contributed by atoms with Gasteiger partial charge in [-0.15, -0.1) is 4.33 Å². The number of allylic oxidation sites excluding steroid dienone is 8. The van der Waals surface area contributed by atoms with E-state index in [1.54, 1.807) is 42.5 Å². The third kappa shape index (κ3) is 7.33. The molecule has 14 nitrogen and oxygen atoms in total. The molecule has 4 aromatic carbocycles. The van der Waals surface area contributed by atoms with E-state index in [0.717, 1.165) is 51.0 Å². The highest BCUT2D eigenvalue weighted by Gasteiger charge is 2.73. The summed E-state index contributed by atoms with van der Waals surface area (Å²) in [7, 11) is -13.2. The largest absolute Gasteiger partial charge is 0.326 e. The Morgan fingerprint density at radius 3 is 2.12 bits per heavy atom. The van der Waals surface area contributed by atoms with Crippen LogP contribution in [0.25, 0.3) is 21.5 Å². The van der Waals surface area contributed by atoms with Crippen molar-refractivity contribution in [1.82, 2.24) is 4.48 Å². The molecule has 300 valence electrons. The second-order valence-electron chi connectivity index (χ2n) is 15.2. The lowest BCUT2D eigenvalue weighted by Crippen LogP contribution is -2.33. The zero-order valence-corrected chi connectivity index (χ0v) is 34.4. The molecule has 0 amide bonds. The van der Waals surface area contributed by atoms with Gasteiger partial charge in [0.05, 0.1) is 27.8 Å². The minimum Gasteiger partial charge on any atom is -0.285 e. The van der Waals surface area contributed by atoms with Gasteiger partial charge in [0, 0.05) is 34.2 Å². The van der Waals surface area contributed by atoms with Crippen molar-refractivity contribution in [3.8, 4) is 0 Å². The number of hydrogen-bond donors (Lipinski definition) is 4. The number of fused-ring (bicyclic) bond motifs is 7. The SMILES string of the molecule is CC1(C)C(/C=C/C=C/C=C/C=C2\C(C)(C)c3c(ccc4cc(S(=O)(=O)O)ccc34)[N+]23CC3S(=O)(=O)O)=[N+](CCS(=O)(=O)O)c2ccc3cc(SOOO)ccc3c21. The summed E-state index contributed by atoms with van der Waals surface area (Å²) >= 11 is 0.840. The normalized spacial score (nSPS) is 22.3. The molecule has 1 fully saturated rings. The smallest absolute Gasteiger partial charge is 0.285 e. The second kappa shape index (κ2) is 14.3. The van der Waals surface area contributed by atoms with Crippen molar-refractivity contribution in [2.24, 2.45) is 0 Å². The van der Waals surface area contributed by atoms with Crippen LogP contribution in [0.1, 0.15) is 38.8 Å². The van der Waals surface area contributed by atoms with Crippen molar-refractivity contribution >= 4 is 81.0 Å². The molecule has 2 unspecified atom stereocenters. The van der Waals surface area contributed by atoms with Crippen molar-refractivity contribution in [3.05, 3.63) is 120 Å². The lowest BCUT2D eigenvalue weighted by Gasteiger charge is -2.22. The zero-order valence-electron chi connectivity index (χ0n) is 31.1. The first-order valence-corrected chi connectivity index (χ1v) is 22.9. The Morgan fingerprint density at radius 2 is 1.46 bits per heavy atom. The average molecular weight is 857 g/mol. The minimum atomic E-state index is -4.45. The lowest BCUT2D eigenvalue weighted by molar-refractivity contribution is -0.432. The standard InChI is InChI=1S/C39H38N2O12S4/c1-38(2)33(40(20-21-55(43,44)45)31-18-12-25-22-27(54-53-52-42)14-16-29(25)36(31)38)10-8-6-5-7-9-11-34-39(3,4)37-30-17-15-28(56(46,47)48)23-26(30)13-19-32(37)41(34)24-35(41)57(49,50)51/h5-19,22-23,35H,20-21,24H2,1-4H3,(H2-2,42,43,44,45,46,47,48,49,50,51)/p+2/b6-5+,9-7+,10-8+,34-11+. The van der Waals surface area contributed by atoms with E-state index in [0.29, 0.717) is 21.4 Å². The van der Waals surface area contributed by atoms with E-state index in [9.17, 15) is 38.9 Å². The first-order valence-electron chi connectivity index (χ1n) is 17.6. The van der Waals surface area contributed by atoms with E-state index in [2.05, 4.69) is 9.37 Å². The number of nitrogens with zero attached hydrogens (tertiary/aromatic N) is 2. The molecule has 0 aliphatic carbocycles. The summed E-state index contributed by atoms with van der Waals surface area (Å²) in [5.41, 5.74) is 3.39. The van der Waals surface area contributed by atoms with Gasteiger partial charge in [-0.3, -0.25) is 13.7 Å². The van der Waals surface area contributed by atoms with E-state index in [1.807, 2.05) is 80.8 Å². The van der Waals surface area contributed by atoms with Crippen LogP contribution in [-0.2, 0) is 50.6 Å². The molecule has 18 heteroatoms. The highest BCUT2D eigenvalue weighted by atomic mass is 32.2. The fourth-order valence-electron chi connectivity index (χ4n) is 8.68. The predicted molar refractivity (Wildman–Crippen MR) is 218 cm³/mol. The molecule has 7 rings (SSSR count). The van der Waals surface area contributed by atoms with Crippen LogP contribution in [0.5, 0.6) is 0 Å². The highest BCUT2D eigenvalue weighted by Crippen LogP contribution is 2.62. The topological polar surface area (TPSA) is 205 Å². The van der Waals surface area contributed by atoms with Crippen LogP contribution in [0.2, 0.25) is 0 Å². The van der Waals surface area contributed by atoms with E-state index >= 15 is 0 Å². The molecule has 57 heavy (non-hydrogen) atoms. The van der Waals surface area contributed by atoms with Gasteiger partial charge in [0.15, 0.2) is 18.8 Å². The van der Waals surface area contributed by atoms with Crippen LogP contribution in [0.3, 0.4) is 0 Å². The summed E-state index contributed by atoms with van der Waals surface area (Å²) < 4.78 is 108. The third-order valence-corrected chi connectivity index (χ3v) is 14.4. The fourth-order valence-corrected chi connectivity index (χ4v) is 11.1. The molecule has 0 saturated carbocycles. The van der Waals surface area contributed by atoms with Crippen LogP contribution in [-0.4, -0.2) is 78.7 Å². The number of rotatable bonds is 12. The Hall–Kier alpha value is -4.05. The molecule has 1 saturated heterocycles. The minimum absolute atomic E-state index is 0.00690. The number of quaternary nitrogens is 1. The Balaban J connectivity index is 1.20. The molecule has 3 aliphatic heterocycles. The van der Waals surface area contributed by atoms with Gasteiger partial charge >= 0.3 is 10.1 Å². The van der Waals surface area contributed by atoms with Crippen molar-refractivity contribution in [3.63, 3.8) is 0 Å². The maximum absolute atomic E-state index is 12.6.